The van der Waals surface area contributed by atoms with E-state index in [2.05, 4.69) is 24.3 Å². The highest BCUT2D eigenvalue weighted by atomic mass is 32.2. The van der Waals surface area contributed by atoms with Crippen molar-refractivity contribution in [3.8, 4) is 39.1 Å². The van der Waals surface area contributed by atoms with Crippen molar-refractivity contribution in [2.45, 2.75) is 55.2 Å². The van der Waals surface area contributed by atoms with Gasteiger partial charge in [-0.25, -0.2) is 0 Å². The second-order valence-corrected chi connectivity index (χ2v) is 18.0. The van der Waals surface area contributed by atoms with Gasteiger partial charge in [0.05, 0.1) is 4.90 Å². The molecule has 0 amide bonds. The van der Waals surface area contributed by atoms with Crippen molar-refractivity contribution in [1.82, 2.24) is 0 Å². The van der Waals surface area contributed by atoms with Crippen molar-refractivity contribution in [3.05, 3.63) is 162 Å². The summed E-state index contributed by atoms with van der Waals surface area (Å²) in [6.45, 7) is 3.72. The lowest BCUT2D eigenvalue weighted by Gasteiger charge is -2.26. The van der Waals surface area contributed by atoms with Crippen LogP contribution in [-0.4, -0.2) is 21.4 Å². The molecule has 0 unspecified atom stereocenters. The molecule has 8 aromatic rings. The summed E-state index contributed by atoms with van der Waals surface area (Å²) in [6, 6.07) is 47.4. The Morgan fingerprint density at radius 2 is 0.965 bits per heavy atom. The fourth-order valence-electron chi connectivity index (χ4n) is 8.66. The molecule has 284 valence electrons. The van der Waals surface area contributed by atoms with E-state index in [0.29, 0.717) is 47.1 Å². The Morgan fingerprint density at radius 3 is 1.46 bits per heavy atom. The topological polar surface area (TPSA) is 97.7 Å². The lowest BCUT2D eigenvalue weighted by Crippen LogP contribution is -2.19. The first kappa shape index (κ1) is 36.8. The maximum absolute atomic E-state index is 15.7. The van der Waals surface area contributed by atoms with E-state index in [1.54, 1.807) is 0 Å². The van der Waals surface area contributed by atoms with Crippen molar-refractivity contribution in [3.63, 3.8) is 0 Å². The molecule has 0 saturated carbocycles. The Hall–Kier alpha value is -5.80. The Bertz CT molecular complexity index is 3010. The van der Waals surface area contributed by atoms with Crippen molar-refractivity contribution in [2.75, 3.05) is 0 Å². The summed E-state index contributed by atoms with van der Waals surface area (Å²) in [5, 5.41) is 5.78. The highest BCUT2D eigenvalue weighted by Gasteiger charge is 2.34. The Kier molecular flexibility index (Phi) is 9.23. The van der Waals surface area contributed by atoms with Crippen molar-refractivity contribution < 1.29 is 25.6 Å². The smallest absolute Gasteiger partial charge is 0.340 e. The van der Waals surface area contributed by atoms with Gasteiger partial charge in [0, 0.05) is 22.3 Å². The quantitative estimate of drug-likeness (QED) is 0.122. The molecule has 9 rings (SSSR count). The molecule has 0 heterocycles. The van der Waals surface area contributed by atoms with Gasteiger partial charge in [0.2, 0.25) is 0 Å². The largest absolute Gasteiger partial charge is 0.378 e. The molecule has 1 N–H and O–H groups in total. The highest BCUT2D eigenvalue weighted by molar-refractivity contribution is 7.87. The molecule has 0 aromatic heterocycles. The van der Waals surface area contributed by atoms with Crippen LogP contribution >= 0.6 is 0 Å². The lowest BCUT2D eigenvalue weighted by atomic mass is 9.87. The molecule has 8 aromatic carbocycles. The Morgan fingerprint density at radius 1 is 0.526 bits per heavy atom. The summed E-state index contributed by atoms with van der Waals surface area (Å²) in [5.41, 5.74) is 5.54. The van der Waals surface area contributed by atoms with Crippen LogP contribution in [0, 0.1) is 0 Å². The Labute approximate surface area is 333 Å². The van der Waals surface area contributed by atoms with Gasteiger partial charge in [-0.15, -0.1) is 0 Å². The SMILES string of the molecule is CC(C)c1cc(S(=O)(=O)O)c2c(c1OS(=O)(=O)c1c(-c3cccc4ccccc34)cc(-c3cccc4ccccc34)cc1-c1cccc3ccccc13)CCCC2. The van der Waals surface area contributed by atoms with Crippen LogP contribution in [0.2, 0.25) is 0 Å². The van der Waals surface area contributed by atoms with Gasteiger partial charge >= 0.3 is 10.1 Å². The molecule has 0 spiro atoms. The molecule has 57 heavy (non-hydrogen) atoms. The monoisotopic (exact) mass is 788 g/mol. The van der Waals surface area contributed by atoms with Crippen LogP contribution in [0.25, 0.3) is 65.7 Å². The predicted molar refractivity (Wildman–Crippen MR) is 230 cm³/mol. The average molecular weight is 789 g/mol. The summed E-state index contributed by atoms with van der Waals surface area (Å²) < 4.78 is 73.7. The number of hydrogen-bond donors (Lipinski definition) is 1. The van der Waals surface area contributed by atoms with E-state index in [1.165, 1.54) is 6.07 Å². The lowest BCUT2D eigenvalue weighted by molar-refractivity contribution is 0.470. The summed E-state index contributed by atoms with van der Waals surface area (Å²) in [5.74, 6) is -0.190. The fraction of sp³-hybridized carbons (Fsp3) is 0.143. The van der Waals surface area contributed by atoms with Gasteiger partial charge in [-0.2, -0.15) is 16.8 Å². The molecular weight excluding hydrogens is 749 g/mol. The van der Waals surface area contributed by atoms with Gasteiger partial charge in [0.1, 0.15) is 10.6 Å². The molecule has 0 radical (unpaired) electrons. The zero-order chi connectivity index (χ0) is 39.5. The Balaban J connectivity index is 1.41. The van der Waals surface area contributed by atoms with Crippen LogP contribution in [0.15, 0.2) is 155 Å². The van der Waals surface area contributed by atoms with E-state index >= 15 is 8.42 Å². The van der Waals surface area contributed by atoms with Crippen molar-refractivity contribution in [2.24, 2.45) is 0 Å². The molecular formula is C49H40O6S2. The van der Waals surface area contributed by atoms with Gasteiger partial charge in [-0.05, 0) is 110 Å². The van der Waals surface area contributed by atoms with Crippen LogP contribution in [0.1, 0.15) is 49.3 Å². The molecule has 1 aliphatic carbocycles. The zero-order valence-electron chi connectivity index (χ0n) is 31.6. The minimum Gasteiger partial charge on any atom is -0.378 e. The molecule has 8 heteroatoms. The maximum Gasteiger partial charge on any atom is 0.340 e. The van der Waals surface area contributed by atoms with Crippen LogP contribution in [-0.2, 0) is 33.1 Å². The highest BCUT2D eigenvalue weighted by Crippen LogP contribution is 2.47. The van der Waals surface area contributed by atoms with Crippen LogP contribution in [0.4, 0.5) is 0 Å². The third kappa shape index (κ3) is 6.57. The van der Waals surface area contributed by atoms with E-state index < -0.39 is 20.2 Å². The molecule has 1 aliphatic rings. The average Bonchev–Trinajstić information content (AvgIpc) is 3.22. The fourth-order valence-corrected chi connectivity index (χ4v) is 10.8. The molecule has 6 nitrogen and oxygen atoms in total. The molecule has 0 bridgehead atoms. The predicted octanol–water partition coefficient (Wildman–Crippen LogP) is 12.2. The first-order chi connectivity index (χ1) is 27.5. The summed E-state index contributed by atoms with van der Waals surface area (Å²) in [6.07, 6.45) is 2.21. The second-order valence-electron chi connectivity index (χ2n) is 15.1. The standard InChI is InChI=1S/C49H40O6S2/c1-31(2)44-30-47(56(50,51)52)42-23-9-10-24-43(42)48(44)55-57(53,54)49-45(40-26-12-18-33-15-4-7-21-37(33)40)28-35(39-25-11-17-32-14-3-6-20-36(32)39)29-46(49)41-27-13-19-34-16-5-8-22-38(34)41/h3-8,11-22,25-31H,9-10,23-24H2,1-2H3,(H,50,51,52). The molecule has 0 fully saturated rings. The zero-order valence-corrected chi connectivity index (χ0v) is 33.2. The van der Waals surface area contributed by atoms with Gasteiger partial charge < -0.3 is 4.18 Å². The third-order valence-electron chi connectivity index (χ3n) is 11.3. The van der Waals surface area contributed by atoms with E-state index in [4.69, 9.17) is 4.18 Å². The van der Waals surface area contributed by atoms with Crippen molar-refractivity contribution >= 4 is 52.6 Å². The first-order valence-electron chi connectivity index (χ1n) is 19.2. The van der Waals surface area contributed by atoms with E-state index in [1.807, 2.05) is 129 Å². The first-order valence-corrected chi connectivity index (χ1v) is 22.1. The number of fused-ring (bicyclic) bond motifs is 4. The normalized spacial score (nSPS) is 13.3. The number of rotatable bonds is 8. The van der Waals surface area contributed by atoms with Gasteiger partial charge in [-0.1, -0.05) is 141 Å². The summed E-state index contributed by atoms with van der Waals surface area (Å²) in [7, 11) is -9.29. The third-order valence-corrected chi connectivity index (χ3v) is 13.5. The molecule has 0 atom stereocenters. The van der Waals surface area contributed by atoms with Crippen LogP contribution in [0.5, 0.6) is 5.75 Å². The van der Waals surface area contributed by atoms with Crippen molar-refractivity contribution in [1.29, 1.82) is 0 Å². The summed E-state index contributed by atoms with van der Waals surface area (Å²) in [4.78, 5) is -0.171. The van der Waals surface area contributed by atoms with E-state index in [-0.39, 0.29) is 21.5 Å². The maximum atomic E-state index is 15.7. The van der Waals surface area contributed by atoms with Crippen LogP contribution in [0.3, 0.4) is 0 Å². The minimum absolute atomic E-state index is 0.0114. The van der Waals surface area contributed by atoms with E-state index in [0.717, 1.165) is 61.0 Å². The number of hydrogen-bond acceptors (Lipinski definition) is 5. The molecule has 0 aliphatic heterocycles. The van der Waals surface area contributed by atoms with Gasteiger partial charge in [0.25, 0.3) is 10.1 Å². The minimum atomic E-state index is -4.70. The summed E-state index contributed by atoms with van der Waals surface area (Å²) >= 11 is 0. The number of benzene rings is 8. The van der Waals surface area contributed by atoms with Gasteiger partial charge in [0.15, 0.2) is 0 Å². The van der Waals surface area contributed by atoms with Crippen LogP contribution < -0.4 is 4.18 Å². The second kappa shape index (κ2) is 14.3. The van der Waals surface area contributed by atoms with Gasteiger partial charge in [-0.3, -0.25) is 4.55 Å². The van der Waals surface area contributed by atoms with E-state index in [9.17, 15) is 13.0 Å². The molecule has 0 saturated heterocycles.